The third-order valence-corrected chi connectivity index (χ3v) is 4.53. The number of hydrogen-bond donors (Lipinski definition) is 1. The molecule has 0 radical (unpaired) electrons. The van der Waals surface area contributed by atoms with Crippen molar-refractivity contribution in [2.24, 2.45) is 0 Å². The van der Waals surface area contributed by atoms with Crippen LogP contribution < -0.4 is 10.1 Å². The van der Waals surface area contributed by atoms with Gasteiger partial charge >= 0.3 is 0 Å². The average molecular weight is 368 g/mol. The number of rotatable bonds is 6. The molecule has 7 heteroatoms. The summed E-state index contributed by atoms with van der Waals surface area (Å²) in [4.78, 5) is 34.4. The molecular weight excluding hydrogens is 344 g/mol. The van der Waals surface area contributed by atoms with Gasteiger partial charge in [0, 0.05) is 31.5 Å². The second-order valence-electron chi connectivity index (χ2n) is 6.48. The number of carbonyl (C=O) groups is 2. The molecule has 142 valence electrons. The number of likely N-dealkylation sites (tertiary alicyclic amines) is 1. The molecule has 1 aliphatic heterocycles. The number of ether oxygens (including phenoxy) is 1. The van der Waals surface area contributed by atoms with Crippen LogP contribution in [-0.2, 0) is 11.2 Å². The van der Waals surface area contributed by atoms with Crippen LogP contribution in [-0.4, -0.2) is 52.4 Å². The molecular formula is C20H24N4O3. The first-order chi connectivity index (χ1) is 13.2. The number of benzene rings is 1. The Morgan fingerprint density at radius 2 is 1.93 bits per heavy atom. The van der Waals surface area contributed by atoms with Crippen LogP contribution in [0.25, 0.3) is 0 Å². The van der Waals surface area contributed by atoms with Crippen molar-refractivity contribution in [2.75, 3.05) is 19.7 Å². The van der Waals surface area contributed by atoms with Gasteiger partial charge in [-0.3, -0.25) is 14.6 Å². The molecule has 0 aliphatic carbocycles. The summed E-state index contributed by atoms with van der Waals surface area (Å²) in [5, 5.41) is 3.07. The molecule has 7 nitrogen and oxygen atoms in total. The summed E-state index contributed by atoms with van der Waals surface area (Å²) in [5.74, 6) is 0.696. The fourth-order valence-corrected chi connectivity index (χ4v) is 3.13. The molecule has 3 rings (SSSR count). The van der Waals surface area contributed by atoms with Gasteiger partial charge in [-0.05, 0) is 37.5 Å². The SMILES string of the molecule is CCOc1ccc(CC(=O)NC2CCN(C(=O)c3cnccn3)CC2)cc1. The first-order valence-electron chi connectivity index (χ1n) is 9.22. The quantitative estimate of drug-likeness (QED) is 0.841. The van der Waals surface area contributed by atoms with E-state index in [0.29, 0.717) is 31.8 Å². The van der Waals surface area contributed by atoms with E-state index in [1.807, 2.05) is 31.2 Å². The van der Waals surface area contributed by atoms with E-state index in [4.69, 9.17) is 4.74 Å². The standard InChI is InChI=1S/C20H24N4O3/c1-2-27-17-5-3-15(4-6-17)13-19(25)23-16-7-11-24(12-8-16)20(26)18-14-21-9-10-22-18/h3-6,9-10,14,16H,2,7-8,11-13H2,1H3,(H,23,25). The molecule has 2 heterocycles. The molecule has 2 aromatic rings. The minimum Gasteiger partial charge on any atom is -0.494 e. The van der Waals surface area contributed by atoms with Crippen molar-refractivity contribution in [1.29, 1.82) is 0 Å². The zero-order valence-electron chi connectivity index (χ0n) is 15.4. The summed E-state index contributed by atoms with van der Waals surface area (Å²) in [6, 6.07) is 7.66. The normalized spacial score (nSPS) is 14.6. The highest BCUT2D eigenvalue weighted by molar-refractivity contribution is 5.92. The number of piperidine rings is 1. The van der Waals surface area contributed by atoms with Gasteiger partial charge in [0.2, 0.25) is 5.91 Å². The van der Waals surface area contributed by atoms with Gasteiger partial charge in [-0.2, -0.15) is 0 Å². The zero-order chi connectivity index (χ0) is 19.1. The summed E-state index contributed by atoms with van der Waals surface area (Å²) >= 11 is 0. The number of amides is 2. The molecule has 27 heavy (non-hydrogen) atoms. The predicted molar refractivity (Wildman–Crippen MR) is 100 cm³/mol. The smallest absolute Gasteiger partial charge is 0.274 e. The van der Waals surface area contributed by atoms with E-state index in [-0.39, 0.29) is 17.9 Å². The van der Waals surface area contributed by atoms with Crippen molar-refractivity contribution in [1.82, 2.24) is 20.2 Å². The lowest BCUT2D eigenvalue weighted by Gasteiger charge is -2.32. The maximum Gasteiger partial charge on any atom is 0.274 e. The van der Waals surface area contributed by atoms with E-state index in [0.717, 1.165) is 24.2 Å². The van der Waals surface area contributed by atoms with Crippen LogP contribution in [0.15, 0.2) is 42.9 Å². The lowest BCUT2D eigenvalue weighted by molar-refractivity contribution is -0.121. The van der Waals surface area contributed by atoms with Crippen LogP contribution in [0.3, 0.4) is 0 Å². The average Bonchev–Trinajstić information content (AvgIpc) is 2.70. The van der Waals surface area contributed by atoms with Crippen LogP contribution >= 0.6 is 0 Å². The van der Waals surface area contributed by atoms with E-state index in [1.165, 1.54) is 12.4 Å². The van der Waals surface area contributed by atoms with Crippen LogP contribution in [0.5, 0.6) is 5.75 Å². The molecule has 0 bridgehead atoms. The fourth-order valence-electron chi connectivity index (χ4n) is 3.13. The van der Waals surface area contributed by atoms with E-state index in [9.17, 15) is 9.59 Å². The predicted octanol–water partition coefficient (Wildman–Crippen LogP) is 1.84. The van der Waals surface area contributed by atoms with Crippen LogP contribution in [0.2, 0.25) is 0 Å². The summed E-state index contributed by atoms with van der Waals surface area (Å²) in [5.41, 5.74) is 1.31. The fraction of sp³-hybridized carbons (Fsp3) is 0.400. The number of carbonyl (C=O) groups excluding carboxylic acids is 2. The van der Waals surface area contributed by atoms with Gasteiger partial charge in [0.15, 0.2) is 0 Å². The second-order valence-corrected chi connectivity index (χ2v) is 6.48. The minimum absolute atomic E-state index is 0.00198. The highest BCUT2D eigenvalue weighted by atomic mass is 16.5. The molecule has 1 aromatic heterocycles. The molecule has 1 fully saturated rings. The molecule has 1 saturated heterocycles. The Morgan fingerprint density at radius 3 is 2.56 bits per heavy atom. The lowest BCUT2D eigenvalue weighted by atomic mass is 10.0. The first-order valence-corrected chi connectivity index (χ1v) is 9.22. The highest BCUT2D eigenvalue weighted by Gasteiger charge is 2.25. The van der Waals surface area contributed by atoms with Crippen LogP contribution in [0.1, 0.15) is 35.8 Å². The highest BCUT2D eigenvalue weighted by Crippen LogP contribution is 2.15. The molecule has 0 unspecified atom stereocenters. The largest absolute Gasteiger partial charge is 0.494 e. The third kappa shape index (κ3) is 5.26. The van der Waals surface area contributed by atoms with Crippen molar-refractivity contribution in [3.8, 4) is 5.75 Å². The van der Waals surface area contributed by atoms with Crippen molar-refractivity contribution in [3.05, 3.63) is 54.1 Å². The molecule has 0 saturated carbocycles. The zero-order valence-corrected chi connectivity index (χ0v) is 15.4. The maximum absolute atomic E-state index is 12.4. The van der Waals surface area contributed by atoms with Gasteiger partial charge in [0.1, 0.15) is 11.4 Å². The molecule has 1 aromatic carbocycles. The molecule has 1 N–H and O–H groups in total. The number of nitrogens with one attached hydrogen (secondary N) is 1. The molecule has 0 spiro atoms. The van der Waals surface area contributed by atoms with Gasteiger partial charge in [-0.1, -0.05) is 12.1 Å². The number of hydrogen-bond acceptors (Lipinski definition) is 5. The van der Waals surface area contributed by atoms with Crippen molar-refractivity contribution in [2.45, 2.75) is 32.2 Å². The third-order valence-electron chi connectivity index (χ3n) is 4.53. The maximum atomic E-state index is 12.4. The Bertz CT molecular complexity index is 757. The number of aromatic nitrogens is 2. The Kier molecular flexibility index (Phi) is 6.35. The van der Waals surface area contributed by atoms with Crippen LogP contribution in [0, 0.1) is 0 Å². The second kappa shape index (κ2) is 9.12. The summed E-state index contributed by atoms with van der Waals surface area (Å²) in [7, 11) is 0. The van der Waals surface area contributed by atoms with Gasteiger partial charge in [0.25, 0.3) is 5.91 Å². The van der Waals surface area contributed by atoms with Crippen LogP contribution in [0.4, 0.5) is 0 Å². The van der Waals surface area contributed by atoms with E-state index >= 15 is 0 Å². The summed E-state index contributed by atoms with van der Waals surface area (Å²) in [6.45, 7) is 3.76. The van der Waals surface area contributed by atoms with Gasteiger partial charge < -0.3 is 15.0 Å². The lowest BCUT2D eigenvalue weighted by Crippen LogP contribution is -2.47. The number of nitrogens with zero attached hydrogens (tertiary/aromatic N) is 3. The monoisotopic (exact) mass is 368 g/mol. The Balaban J connectivity index is 1.44. The van der Waals surface area contributed by atoms with Crippen molar-refractivity contribution >= 4 is 11.8 Å². The van der Waals surface area contributed by atoms with Crippen molar-refractivity contribution < 1.29 is 14.3 Å². The van der Waals surface area contributed by atoms with Crippen molar-refractivity contribution in [3.63, 3.8) is 0 Å². The van der Waals surface area contributed by atoms with Gasteiger partial charge in [0.05, 0.1) is 19.2 Å². The van der Waals surface area contributed by atoms with Gasteiger partial charge in [-0.15, -0.1) is 0 Å². The molecule has 1 aliphatic rings. The van der Waals surface area contributed by atoms with E-state index in [1.54, 1.807) is 11.1 Å². The Morgan fingerprint density at radius 1 is 1.19 bits per heavy atom. The summed E-state index contributed by atoms with van der Waals surface area (Å²) in [6.07, 6.45) is 6.35. The van der Waals surface area contributed by atoms with E-state index in [2.05, 4.69) is 15.3 Å². The molecule has 2 amide bonds. The van der Waals surface area contributed by atoms with Gasteiger partial charge in [-0.25, -0.2) is 4.98 Å². The Hall–Kier alpha value is -2.96. The summed E-state index contributed by atoms with van der Waals surface area (Å²) < 4.78 is 5.41. The Labute approximate surface area is 158 Å². The molecule has 0 atom stereocenters. The topological polar surface area (TPSA) is 84.4 Å². The minimum atomic E-state index is -0.109. The first kappa shape index (κ1) is 18.8. The van der Waals surface area contributed by atoms with E-state index < -0.39 is 0 Å².